The number of benzene rings is 3. The van der Waals surface area contributed by atoms with E-state index in [0.717, 1.165) is 36.2 Å². The Balaban J connectivity index is 1.69. The van der Waals surface area contributed by atoms with Crippen molar-refractivity contribution in [2.75, 3.05) is 26.2 Å². The van der Waals surface area contributed by atoms with Crippen molar-refractivity contribution in [1.82, 2.24) is 4.90 Å². The summed E-state index contributed by atoms with van der Waals surface area (Å²) in [5.74, 6) is -1.07. The van der Waals surface area contributed by atoms with Crippen LogP contribution < -0.4 is 14.7 Å². The zero-order valence-corrected chi connectivity index (χ0v) is 23.3. The van der Waals surface area contributed by atoms with E-state index in [1.807, 2.05) is 67.6 Å². The average molecular weight is 527 g/mol. The summed E-state index contributed by atoms with van der Waals surface area (Å²) in [6.45, 7) is 11.5. The van der Waals surface area contributed by atoms with E-state index >= 15 is 0 Å². The molecule has 0 bridgehead atoms. The zero-order chi connectivity index (χ0) is 27.9. The van der Waals surface area contributed by atoms with E-state index in [-0.39, 0.29) is 5.57 Å². The summed E-state index contributed by atoms with van der Waals surface area (Å²) in [7, 11) is 0. The van der Waals surface area contributed by atoms with Crippen molar-refractivity contribution in [2.24, 2.45) is 0 Å². The smallest absolute Gasteiger partial charge is 0.295 e. The van der Waals surface area contributed by atoms with Crippen LogP contribution in [-0.4, -0.2) is 42.8 Å². The van der Waals surface area contributed by atoms with Crippen molar-refractivity contribution >= 4 is 17.4 Å². The molecule has 1 fully saturated rings. The minimum absolute atomic E-state index is 0.0276. The molecule has 1 heterocycles. The lowest BCUT2D eigenvalue weighted by Gasteiger charge is -2.29. The largest absolute Gasteiger partial charge is 0.872 e. The van der Waals surface area contributed by atoms with Crippen molar-refractivity contribution in [3.63, 3.8) is 0 Å². The van der Waals surface area contributed by atoms with Crippen LogP contribution in [0, 0.1) is 6.92 Å². The monoisotopic (exact) mass is 526 g/mol. The minimum atomic E-state index is -0.706. The lowest BCUT2D eigenvalue weighted by Crippen LogP contribution is -3.12. The van der Waals surface area contributed by atoms with Gasteiger partial charge < -0.3 is 19.6 Å². The fraction of sp³-hybridized carbons (Fsp3) is 0.333. The van der Waals surface area contributed by atoms with E-state index in [9.17, 15) is 14.7 Å². The molecule has 4 rings (SSSR count). The van der Waals surface area contributed by atoms with Gasteiger partial charge in [-0.3, -0.25) is 9.59 Å². The third-order valence-corrected chi connectivity index (χ3v) is 7.63. The van der Waals surface area contributed by atoms with Gasteiger partial charge in [0.25, 0.3) is 5.91 Å². The third-order valence-electron chi connectivity index (χ3n) is 7.63. The maximum atomic E-state index is 13.9. The maximum absolute atomic E-state index is 13.9. The molecule has 1 aliphatic rings. The van der Waals surface area contributed by atoms with Crippen molar-refractivity contribution < 1.29 is 24.3 Å². The first-order valence-electron chi connectivity index (χ1n) is 13.8. The van der Waals surface area contributed by atoms with E-state index in [1.54, 1.807) is 17.0 Å². The number of rotatable bonds is 11. The molecule has 1 unspecified atom stereocenters. The topological polar surface area (TPSA) is 74.1 Å². The Hall–Kier alpha value is -3.90. The van der Waals surface area contributed by atoms with Crippen LogP contribution in [0.4, 0.5) is 0 Å². The molecule has 1 atom stereocenters. The summed E-state index contributed by atoms with van der Waals surface area (Å²) in [6.07, 6.45) is 0.880. The molecule has 39 heavy (non-hydrogen) atoms. The Bertz CT molecular complexity index is 1330. The molecule has 0 aliphatic carbocycles. The van der Waals surface area contributed by atoms with Gasteiger partial charge in [0.15, 0.2) is 0 Å². The number of Topliss-reactive ketones (excluding diaryl/α,β-unsaturated/α-hetero) is 1. The lowest BCUT2D eigenvalue weighted by molar-refractivity contribution is -0.895. The molecule has 0 radical (unpaired) electrons. The molecule has 3 aromatic carbocycles. The molecule has 1 aliphatic heterocycles. The highest BCUT2D eigenvalue weighted by Crippen LogP contribution is 2.39. The van der Waals surface area contributed by atoms with Crippen LogP contribution in [0.1, 0.15) is 54.6 Å². The molecule has 1 N–H and O–H groups in total. The van der Waals surface area contributed by atoms with E-state index in [2.05, 4.69) is 20.8 Å². The Morgan fingerprint density at radius 2 is 1.62 bits per heavy atom. The van der Waals surface area contributed by atoms with Crippen LogP contribution in [0.5, 0.6) is 5.75 Å². The van der Waals surface area contributed by atoms with Gasteiger partial charge in [0, 0.05) is 5.57 Å². The summed E-state index contributed by atoms with van der Waals surface area (Å²) >= 11 is 0. The molecule has 0 spiro atoms. The number of nitrogens with zero attached hydrogens (tertiary/aromatic N) is 1. The van der Waals surface area contributed by atoms with E-state index < -0.39 is 23.5 Å². The summed E-state index contributed by atoms with van der Waals surface area (Å²) in [6, 6.07) is 22.3. The SMILES string of the molecule is CCc1ccc(C2C(=C([O-])c3ccc(OCc4ccccc4)cc3C)C(=O)C(=O)N2CC[NH+](CC)CC)cc1. The highest BCUT2D eigenvalue weighted by Gasteiger charge is 2.44. The Labute approximate surface area is 231 Å². The molecule has 1 amide bonds. The van der Waals surface area contributed by atoms with Crippen LogP contribution in [0.3, 0.4) is 0 Å². The van der Waals surface area contributed by atoms with Gasteiger partial charge in [-0.1, -0.05) is 73.3 Å². The molecule has 204 valence electrons. The predicted octanol–water partition coefficient (Wildman–Crippen LogP) is 3.29. The van der Waals surface area contributed by atoms with Gasteiger partial charge in [-0.05, 0) is 67.1 Å². The van der Waals surface area contributed by atoms with Crippen LogP contribution in [-0.2, 0) is 22.6 Å². The van der Waals surface area contributed by atoms with E-state index in [0.29, 0.717) is 36.6 Å². The molecule has 0 saturated carbocycles. The second-order valence-corrected chi connectivity index (χ2v) is 10.0. The molecule has 6 nitrogen and oxygen atoms in total. The molecule has 3 aromatic rings. The van der Waals surface area contributed by atoms with Crippen LogP contribution in [0.2, 0.25) is 0 Å². The number of hydrogen-bond donors (Lipinski definition) is 1. The van der Waals surface area contributed by atoms with E-state index in [1.165, 1.54) is 4.90 Å². The first-order valence-corrected chi connectivity index (χ1v) is 13.8. The summed E-state index contributed by atoms with van der Waals surface area (Å²) in [5, 5.41) is 13.9. The Morgan fingerprint density at radius 3 is 2.23 bits per heavy atom. The number of ether oxygens (including phenoxy) is 1. The van der Waals surface area contributed by atoms with Crippen molar-refractivity contribution in [1.29, 1.82) is 0 Å². The van der Waals surface area contributed by atoms with Gasteiger partial charge in [-0.15, -0.1) is 0 Å². The number of carbonyl (C=O) groups is 2. The van der Waals surface area contributed by atoms with Crippen LogP contribution >= 0.6 is 0 Å². The second-order valence-electron chi connectivity index (χ2n) is 10.0. The second kappa shape index (κ2) is 12.8. The van der Waals surface area contributed by atoms with Gasteiger partial charge in [0.1, 0.15) is 12.4 Å². The van der Waals surface area contributed by atoms with Gasteiger partial charge in [0.2, 0.25) is 5.78 Å². The third kappa shape index (κ3) is 6.23. The Kier molecular flexibility index (Phi) is 9.20. The molecular weight excluding hydrogens is 488 g/mol. The summed E-state index contributed by atoms with van der Waals surface area (Å²) in [4.78, 5) is 29.6. The fourth-order valence-electron chi connectivity index (χ4n) is 5.13. The number of carbonyl (C=O) groups excluding carboxylic acids is 2. The molecule has 1 saturated heterocycles. The summed E-state index contributed by atoms with van der Waals surface area (Å²) in [5.41, 5.74) is 4.12. The number of ketones is 1. The van der Waals surface area contributed by atoms with Crippen LogP contribution in [0.25, 0.3) is 5.76 Å². The number of aryl methyl sites for hydroxylation is 2. The minimum Gasteiger partial charge on any atom is -0.872 e. The van der Waals surface area contributed by atoms with Crippen molar-refractivity contribution in [2.45, 2.75) is 46.8 Å². The Morgan fingerprint density at radius 1 is 0.923 bits per heavy atom. The number of quaternary nitrogens is 1. The molecule has 0 aromatic heterocycles. The zero-order valence-electron chi connectivity index (χ0n) is 23.3. The molecule has 6 heteroatoms. The number of nitrogens with one attached hydrogen (secondary N) is 1. The first kappa shape index (κ1) is 28.1. The normalized spacial score (nSPS) is 16.7. The number of amides is 1. The highest BCUT2D eigenvalue weighted by atomic mass is 16.5. The fourth-order valence-corrected chi connectivity index (χ4v) is 5.13. The number of hydrogen-bond acceptors (Lipinski definition) is 4. The highest BCUT2D eigenvalue weighted by molar-refractivity contribution is 6.46. The number of likely N-dealkylation sites (N-methyl/N-ethyl adjacent to an activating group) is 1. The molecular formula is C33H38N2O4. The average Bonchev–Trinajstić information content (AvgIpc) is 3.22. The lowest BCUT2D eigenvalue weighted by atomic mass is 9.93. The summed E-state index contributed by atoms with van der Waals surface area (Å²) < 4.78 is 5.93. The van der Waals surface area contributed by atoms with Gasteiger partial charge in [-0.25, -0.2) is 0 Å². The standard InChI is InChI=1S/C33H38N2O4/c1-5-24-13-15-26(16-14-24)30-29(32(37)33(38)35(30)20-19-34(6-2)7-3)31(36)28-18-17-27(21-23(28)4)39-22-25-11-9-8-10-12-25/h8-18,21,30,36H,5-7,19-20,22H2,1-4H3. The quantitative estimate of drug-likeness (QED) is 0.236. The predicted molar refractivity (Wildman–Crippen MR) is 151 cm³/mol. The van der Waals surface area contributed by atoms with Gasteiger partial charge in [-0.2, -0.15) is 0 Å². The van der Waals surface area contributed by atoms with Crippen molar-refractivity contribution in [3.8, 4) is 5.75 Å². The maximum Gasteiger partial charge on any atom is 0.295 e. The van der Waals surface area contributed by atoms with Crippen molar-refractivity contribution in [3.05, 3.63) is 106 Å². The van der Waals surface area contributed by atoms with Gasteiger partial charge in [0.05, 0.1) is 32.2 Å². The van der Waals surface area contributed by atoms with Crippen LogP contribution in [0.15, 0.2) is 78.4 Å². The van der Waals surface area contributed by atoms with Gasteiger partial charge >= 0.3 is 0 Å². The first-order chi connectivity index (χ1) is 18.9. The number of likely N-dealkylation sites (tertiary alicyclic amines) is 1. The van der Waals surface area contributed by atoms with E-state index in [4.69, 9.17) is 4.74 Å².